The van der Waals surface area contributed by atoms with E-state index in [1.165, 1.54) is 22.9 Å². The van der Waals surface area contributed by atoms with E-state index >= 15 is 0 Å². The Morgan fingerprint density at radius 2 is 2.26 bits per heavy atom. The van der Waals surface area contributed by atoms with E-state index in [4.69, 9.17) is 5.73 Å². The van der Waals surface area contributed by atoms with Gasteiger partial charge in [-0.1, -0.05) is 36.3 Å². The molecule has 0 radical (unpaired) electrons. The van der Waals surface area contributed by atoms with Crippen molar-refractivity contribution in [1.82, 2.24) is 0 Å². The Morgan fingerprint density at radius 1 is 1.48 bits per heavy atom. The van der Waals surface area contributed by atoms with Crippen LogP contribution in [0.25, 0.3) is 0 Å². The van der Waals surface area contributed by atoms with Gasteiger partial charge in [-0.3, -0.25) is 4.79 Å². The molecule has 0 fully saturated rings. The molecule has 3 nitrogen and oxygen atoms in total. The van der Waals surface area contributed by atoms with Gasteiger partial charge < -0.3 is 10.6 Å². The fourth-order valence-corrected chi connectivity index (χ4v) is 3.29. The average Bonchev–Trinajstić information content (AvgIpc) is 2.57. The summed E-state index contributed by atoms with van der Waals surface area (Å²) in [6.07, 6.45) is 7.42. The molecule has 2 rings (SSSR count). The normalized spacial score (nSPS) is 14.8. The van der Waals surface area contributed by atoms with Crippen LogP contribution in [0, 0.1) is 6.92 Å². The third-order valence-corrected chi connectivity index (χ3v) is 4.79. The molecule has 1 aliphatic heterocycles. The number of allylic oxidation sites excluding steroid dienone is 3. The number of benzene rings is 1. The van der Waals surface area contributed by atoms with Crippen LogP contribution in [0.2, 0.25) is 0 Å². The van der Waals surface area contributed by atoms with Crippen molar-refractivity contribution in [3.8, 4) is 0 Å². The first-order chi connectivity index (χ1) is 11.0. The van der Waals surface area contributed by atoms with Crippen LogP contribution < -0.4 is 10.6 Å². The van der Waals surface area contributed by atoms with Gasteiger partial charge in [0.25, 0.3) is 0 Å². The summed E-state index contributed by atoms with van der Waals surface area (Å²) in [5.41, 5.74) is 9.95. The number of carbonyl (C=O) groups is 1. The summed E-state index contributed by atoms with van der Waals surface area (Å²) in [7, 11) is 1.92. The number of fused-ring (bicyclic) bond motifs is 1. The lowest BCUT2D eigenvalue weighted by atomic mass is 9.97. The Morgan fingerprint density at radius 3 is 3.00 bits per heavy atom. The molecule has 0 unspecified atom stereocenters. The topological polar surface area (TPSA) is 46.3 Å². The van der Waals surface area contributed by atoms with Crippen LogP contribution >= 0.6 is 11.8 Å². The molecule has 1 heterocycles. The van der Waals surface area contributed by atoms with Crippen LogP contribution in [0.5, 0.6) is 0 Å². The third-order valence-electron chi connectivity index (χ3n) is 3.90. The second kappa shape index (κ2) is 8.11. The fraction of sp³-hybridized carbons (Fsp3) is 0.278. The zero-order valence-corrected chi connectivity index (χ0v) is 14.7. The number of hydrogen-bond acceptors (Lipinski definition) is 3. The van der Waals surface area contributed by atoms with Gasteiger partial charge >= 0.3 is 0 Å². The van der Waals surface area contributed by atoms with Gasteiger partial charge in [0, 0.05) is 17.1 Å². The van der Waals surface area contributed by atoms with E-state index in [1.54, 1.807) is 6.20 Å². The average molecular weight is 326 g/mol. The lowest BCUT2D eigenvalue weighted by molar-refractivity contribution is -0.116. The van der Waals surface area contributed by atoms with E-state index in [0.717, 1.165) is 35.5 Å². The van der Waals surface area contributed by atoms with E-state index in [9.17, 15) is 4.79 Å². The van der Waals surface area contributed by atoms with Crippen LogP contribution in [0.1, 0.15) is 17.5 Å². The summed E-state index contributed by atoms with van der Waals surface area (Å²) in [6.45, 7) is 6.85. The summed E-state index contributed by atoms with van der Waals surface area (Å²) in [6, 6.07) is 6.26. The summed E-state index contributed by atoms with van der Waals surface area (Å²) in [5.74, 6) is 0.549. The van der Waals surface area contributed by atoms with Crippen LogP contribution in [-0.2, 0) is 11.2 Å². The number of rotatable bonds is 5. The molecule has 0 atom stereocenters. The largest absolute Gasteiger partial charge is 0.405 e. The minimum absolute atomic E-state index is 0.144. The second-order valence-electron chi connectivity index (χ2n) is 5.73. The van der Waals surface area contributed by atoms with Gasteiger partial charge in [0.15, 0.2) is 0 Å². The van der Waals surface area contributed by atoms with Crippen molar-refractivity contribution in [1.29, 1.82) is 0 Å². The monoisotopic (exact) mass is 326 g/mol. The summed E-state index contributed by atoms with van der Waals surface area (Å²) >= 11 is 1.47. The number of hydrogen-bond donors (Lipinski definition) is 1. The van der Waals surface area contributed by atoms with Gasteiger partial charge in [-0.05, 0) is 43.2 Å². The van der Waals surface area contributed by atoms with Crippen molar-refractivity contribution in [2.24, 2.45) is 5.73 Å². The van der Waals surface area contributed by atoms with Crippen molar-refractivity contribution < 1.29 is 4.79 Å². The molecule has 1 aromatic rings. The first-order valence-corrected chi connectivity index (χ1v) is 8.78. The highest BCUT2D eigenvalue weighted by Crippen LogP contribution is 2.31. The van der Waals surface area contributed by atoms with E-state index in [0.29, 0.717) is 5.75 Å². The van der Waals surface area contributed by atoms with E-state index in [1.807, 2.05) is 24.9 Å². The van der Waals surface area contributed by atoms with Crippen molar-refractivity contribution in [3.05, 3.63) is 64.6 Å². The molecule has 0 spiro atoms. The molecule has 1 aliphatic rings. The number of amides is 1. The Bertz CT molecular complexity index is 667. The van der Waals surface area contributed by atoms with Crippen LogP contribution in [0.3, 0.4) is 0 Å². The Hall–Kier alpha value is -1.88. The van der Waals surface area contributed by atoms with E-state index in [2.05, 4.69) is 31.7 Å². The van der Waals surface area contributed by atoms with Gasteiger partial charge in [0.2, 0.25) is 5.91 Å². The highest BCUT2D eigenvalue weighted by molar-refractivity contribution is 8.03. The molecule has 120 valence electrons. The van der Waals surface area contributed by atoms with E-state index in [-0.39, 0.29) is 5.91 Å². The highest BCUT2D eigenvalue weighted by atomic mass is 32.2. The smallest absolute Gasteiger partial charge is 0.237 e. The van der Waals surface area contributed by atoms with Crippen molar-refractivity contribution in [2.45, 2.75) is 19.8 Å². The number of nitrogens with zero attached hydrogens (tertiary/aromatic N) is 1. The van der Waals surface area contributed by atoms with Crippen LogP contribution in [0.15, 0.2) is 53.5 Å². The van der Waals surface area contributed by atoms with Gasteiger partial charge in [-0.25, -0.2) is 0 Å². The lowest BCUT2D eigenvalue weighted by Gasteiger charge is -2.31. The summed E-state index contributed by atoms with van der Waals surface area (Å²) in [4.78, 5) is 15.4. The molecule has 0 saturated carbocycles. The van der Waals surface area contributed by atoms with Crippen molar-refractivity contribution in [3.63, 3.8) is 0 Å². The SMILES string of the molecule is BC(/C=C\C(=C)SCC(=O)N1CCCc2cccc(C)c21)=C/N. The Balaban J connectivity index is 2.01. The fourth-order valence-electron chi connectivity index (χ4n) is 2.66. The maximum Gasteiger partial charge on any atom is 0.237 e. The van der Waals surface area contributed by atoms with Gasteiger partial charge in [0.05, 0.1) is 5.75 Å². The lowest BCUT2D eigenvalue weighted by Crippen LogP contribution is -2.37. The number of anilines is 1. The Labute approximate surface area is 143 Å². The molecule has 0 saturated heterocycles. The molecular formula is C18H23BN2OS. The third kappa shape index (κ3) is 4.55. The highest BCUT2D eigenvalue weighted by Gasteiger charge is 2.23. The minimum Gasteiger partial charge on any atom is -0.405 e. The first kappa shape index (κ1) is 17.5. The number of nitrogens with two attached hydrogens (primary N) is 1. The molecule has 0 bridgehead atoms. The molecule has 1 amide bonds. The van der Waals surface area contributed by atoms with Gasteiger partial charge in [0.1, 0.15) is 7.85 Å². The Kier molecular flexibility index (Phi) is 6.16. The maximum atomic E-state index is 12.6. The molecular weight excluding hydrogens is 303 g/mol. The quantitative estimate of drug-likeness (QED) is 0.668. The molecule has 0 aromatic heterocycles. The summed E-state index contributed by atoms with van der Waals surface area (Å²) in [5, 5.41) is 0. The number of thioether (sulfide) groups is 1. The number of aryl methyl sites for hydroxylation is 2. The van der Waals surface area contributed by atoms with Crippen LogP contribution in [-0.4, -0.2) is 26.1 Å². The molecule has 5 heteroatoms. The first-order valence-electron chi connectivity index (χ1n) is 7.80. The predicted molar refractivity (Wildman–Crippen MR) is 103 cm³/mol. The van der Waals surface area contributed by atoms with E-state index < -0.39 is 0 Å². The molecule has 1 aromatic carbocycles. The molecule has 23 heavy (non-hydrogen) atoms. The zero-order valence-electron chi connectivity index (χ0n) is 13.8. The standard InChI is InChI=1S/C18H23BN2OS/c1-13-5-3-6-15-7-4-10-21(18(13)15)17(22)12-23-14(2)8-9-16(19)11-20/h3,5-6,8-9,11H,2,4,7,10,12,19-20H2,1H3/b9-8-,16-11+. The van der Waals surface area contributed by atoms with Crippen LogP contribution in [0.4, 0.5) is 5.69 Å². The minimum atomic E-state index is 0.144. The predicted octanol–water partition coefficient (Wildman–Crippen LogP) is 2.51. The number of carbonyl (C=O) groups excluding carboxylic acids is 1. The zero-order chi connectivity index (χ0) is 16.8. The van der Waals surface area contributed by atoms with Gasteiger partial charge in [-0.15, -0.1) is 11.8 Å². The molecule has 0 aliphatic carbocycles. The van der Waals surface area contributed by atoms with Crippen molar-refractivity contribution in [2.75, 3.05) is 17.2 Å². The van der Waals surface area contributed by atoms with Gasteiger partial charge in [-0.2, -0.15) is 0 Å². The number of para-hydroxylation sites is 1. The summed E-state index contributed by atoms with van der Waals surface area (Å²) < 4.78 is 0. The second-order valence-corrected chi connectivity index (χ2v) is 6.83. The molecule has 2 N–H and O–H groups in total. The maximum absolute atomic E-state index is 12.6. The van der Waals surface area contributed by atoms with Crippen molar-refractivity contribution >= 4 is 31.2 Å².